The van der Waals surface area contributed by atoms with Crippen molar-refractivity contribution >= 4 is 5.78 Å². The van der Waals surface area contributed by atoms with E-state index in [-0.39, 0.29) is 11.9 Å². The largest absolute Gasteiger partial charge is 0.375 e. The number of morpholine rings is 1. The van der Waals surface area contributed by atoms with Crippen molar-refractivity contribution in [1.29, 1.82) is 0 Å². The van der Waals surface area contributed by atoms with E-state index in [0.717, 1.165) is 25.1 Å². The third-order valence-electron chi connectivity index (χ3n) is 3.83. The van der Waals surface area contributed by atoms with Crippen molar-refractivity contribution in [1.82, 2.24) is 5.32 Å². The lowest BCUT2D eigenvalue weighted by Crippen LogP contribution is -2.39. The number of Topliss-reactive ketones (excluding diaryl/α,β-unsaturated/α-hetero) is 1. The molecule has 0 aromatic heterocycles. The molecule has 1 saturated heterocycles. The number of ether oxygens (including phenoxy) is 1. The fourth-order valence-electron chi connectivity index (χ4n) is 2.31. The Hall–Kier alpha value is -1.19. The van der Waals surface area contributed by atoms with Crippen LogP contribution < -0.4 is 5.32 Å². The monoisotopic (exact) mass is 261 g/mol. The highest BCUT2D eigenvalue weighted by atomic mass is 16.5. The Kier molecular flexibility index (Phi) is 5.11. The van der Waals surface area contributed by atoms with Crippen molar-refractivity contribution in [3.63, 3.8) is 0 Å². The van der Waals surface area contributed by atoms with Crippen LogP contribution in [-0.4, -0.2) is 31.6 Å². The molecule has 2 unspecified atom stereocenters. The van der Waals surface area contributed by atoms with Gasteiger partial charge in [0.2, 0.25) is 0 Å². The maximum absolute atomic E-state index is 12.2. The summed E-state index contributed by atoms with van der Waals surface area (Å²) in [5.74, 6) is 0.722. The highest BCUT2D eigenvalue weighted by Crippen LogP contribution is 2.19. The molecule has 1 heterocycles. The Bertz CT molecular complexity index is 407. The van der Waals surface area contributed by atoms with Gasteiger partial charge in [-0.2, -0.15) is 0 Å². The van der Waals surface area contributed by atoms with Crippen LogP contribution in [0.25, 0.3) is 0 Å². The van der Waals surface area contributed by atoms with Crippen LogP contribution in [0.15, 0.2) is 24.3 Å². The Morgan fingerprint density at radius 1 is 1.42 bits per heavy atom. The second kappa shape index (κ2) is 6.83. The van der Waals surface area contributed by atoms with Gasteiger partial charge in [0.05, 0.1) is 12.7 Å². The number of ketones is 1. The van der Waals surface area contributed by atoms with Crippen molar-refractivity contribution in [2.45, 2.75) is 38.7 Å². The highest BCUT2D eigenvalue weighted by Gasteiger charge is 2.18. The summed E-state index contributed by atoms with van der Waals surface area (Å²) in [6.07, 6.45) is 1.61. The smallest absolute Gasteiger partial charge is 0.165 e. The van der Waals surface area contributed by atoms with Crippen molar-refractivity contribution in [2.75, 3.05) is 19.7 Å². The standard InChI is InChI=1S/C16H23NO2/c1-3-12(2)13-4-6-14(7-5-13)16(18)10-15-11-17-8-9-19-15/h4-7,12,15,17H,3,8-11H2,1-2H3. The van der Waals surface area contributed by atoms with E-state index in [4.69, 9.17) is 4.74 Å². The quantitative estimate of drug-likeness (QED) is 0.828. The number of nitrogens with one attached hydrogen (secondary N) is 1. The fourth-order valence-corrected chi connectivity index (χ4v) is 2.31. The van der Waals surface area contributed by atoms with E-state index in [1.54, 1.807) is 0 Å². The van der Waals surface area contributed by atoms with Gasteiger partial charge in [0, 0.05) is 25.1 Å². The minimum Gasteiger partial charge on any atom is -0.375 e. The summed E-state index contributed by atoms with van der Waals surface area (Å²) in [6, 6.07) is 8.03. The van der Waals surface area contributed by atoms with Gasteiger partial charge >= 0.3 is 0 Å². The number of carbonyl (C=O) groups excluding carboxylic acids is 1. The van der Waals surface area contributed by atoms with Gasteiger partial charge < -0.3 is 10.1 Å². The Balaban J connectivity index is 1.95. The second-order valence-corrected chi connectivity index (χ2v) is 5.26. The minimum absolute atomic E-state index is 0.0236. The summed E-state index contributed by atoms with van der Waals surface area (Å²) in [7, 11) is 0. The predicted octanol–water partition coefficient (Wildman–Crippen LogP) is 2.76. The van der Waals surface area contributed by atoms with E-state index < -0.39 is 0 Å². The van der Waals surface area contributed by atoms with Crippen LogP contribution in [0.5, 0.6) is 0 Å². The first-order valence-electron chi connectivity index (χ1n) is 7.16. The predicted molar refractivity (Wildman–Crippen MR) is 76.7 cm³/mol. The molecule has 2 rings (SSSR count). The molecule has 1 fully saturated rings. The van der Waals surface area contributed by atoms with Crippen LogP contribution in [0.4, 0.5) is 0 Å². The zero-order valence-electron chi connectivity index (χ0n) is 11.8. The lowest BCUT2D eigenvalue weighted by molar-refractivity contribution is 0.0240. The Labute approximate surface area is 115 Å². The van der Waals surface area contributed by atoms with E-state index in [1.807, 2.05) is 12.1 Å². The molecule has 0 bridgehead atoms. The maximum Gasteiger partial charge on any atom is 0.165 e. The van der Waals surface area contributed by atoms with Crippen LogP contribution in [0, 0.1) is 0 Å². The van der Waals surface area contributed by atoms with Crippen LogP contribution in [-0.2, 0) is 4.74 Å². The van der Waals surface area contributed by atoms with Crippen molar-refractivity contribution in [3.05, 3.63) is 35.4 Å². The molecule has 0 aliphatic carbocycles. The zero-order valence-corrected chi connectivity index (χ0v) is 11.8. The molecule has 0 spiro atoms. The molecular weight excluding hydrogens is 238 g/mol. The van der Waals surface area contributed by atoms with Crippen molar-refractivity contribution in [3.8, 4) is 0 Å². The maximum atomic E-state index is 12.2. The molecule has 104 valence electrons. The topological polar surface area (TPSA) is 38.3 Å². The van der Waals surface area contributed by atoms with Gasteiger partial charge in [-0.3, -0.25) is 4.79 Å². The van der Waals surface area contributed by atoms with Crippen LogP contribution in [0.1, 0.15) is 48.5 Å². The SMILES string of the molecule is CCC(C)c1ccc(C(=O)CC2CNCCO2)cc1. The first-order valence-corrected chi connectivity index (χ1v) is 7.16. The average Bonchev–Trinajstić information content (AvgIpc) is 2.47. The van der Waals surface area contributed by atoms with Crippen molar-refractivity contribution < 1.29 is 9.53 Å². The molecule has 2 atom stereocenters. The van der Waals surface area contributed by atoms with Gasteiger partial charge in [0.25, 0.3) is 0 Å². The van der Waals surface area contributed by atoms with Gasteiger partial charge in [-0.25, -0.2) is 0 Å². The lowest BCUT2D eigenvalue weighted by atomic mass is 9.96. The third-order valence-corrected chi connectivity index (χ3v) is 3.83. The average molecular weight is 261 g/mol. The molecule has 19 heavy (non-hydrogen) atoms. The second-order valence-electron chi connectivity index (χ2n) is 5.26. The van der Waals surface area contributed by atoms with Crippen molar-refractivity contribution in [2.24, 2.45) is 0 Å². The third kappa shape index (κ3) is 3.88. The lowest BCUT2D eigenvalue weighted by Gasteiger charge is -2.23. The molecule has 1 aliphatic heterocycles. The van der Waals surface area contributed by atoms with E-state index in [1.165, 1.54) is 5.56 Å². The molecule has 3 nitrogen and oxygen atoms in total. The van der Waals surface area contributed by atoms with E-state index in [0.29, 0.717) is 18.9 Å². The van der Waals surface area contributed by atoms with E-state index in [2.05, 4.69) is 31.3 Å². The number of rotatable bonds is 5. The molecule has 3 heteroatoms. The molecule has 0 saturated carbocycles. The summed E-state index contributed by atoms with van der Waals surface area (Å²) in [4.78, 5) is 12.2. The summed E-state index contributed by atoms with van der Waals surface area (Å²) in [6.45, 7) is 6.74. The minimum atomic E-state index is 0.0236. The molecule has 0 amide bonds. The van der Waals surface area contributed by atoms with Gasteiger partial charge in [-0.15, -0.1) is 0 Å². The van der Waals surface area contributed by atoms with Gasteiger partial charge in [0.1, 0.15) is 0 Å². The van der Waals surface area contributed by atoms with E-state index in [9.17, 15) is 4.79 Å². The molecule has 1 N–H and O–H groups in total. The fraction of sp³-hybridized carbons (Fsp3) is 0.562. The van der Waals surface area contributed by atoms with Gasteiger partial charge in [0.15, 0.2) is 5.78 Å². The van der Waals surface area contributed by atoms with Gasteiger partial charge in [-0.1, -0.05) is 38.1 Å². The zero-order chi connectivity index (χ0) is 13.7. The first kappa shape index (κ1) is 14.2. The Morgan fingerprint density at radius 2 is 2.16 bits per heavy atom. The molecular formula is C16H23NO2. The first-order chi connectivity index (χ1) is 9.20. The summed E-state index contributed by atoms with van der Waals surface area (Å²) >= 11 is 0. The number of hydrogen-bond donors (Lipinski definition) is 1. The van der Waals surface area contributed by atoms with E-state index >= 15 is 0 Å². The molecule has 1 aromatic rings. The number of carbonyl (C=O) groups is 1. The molecule has 1 aliphatic rings. The van der Waals surface area contributed by atoms with Gasteiger partial charge in [-0.05, 0) is 17.9 Å². The van der Waals surface area contributed by atoms with Crippen LogP contribution in [0.3, 0.4) is 0 Å². The number of benzene rings is 1. The highest BCUT2D eigenvalue weighted by molar-refractivity contribution is 5.96. The Morgan fingerprint density at radius 3 is 2.74 bits per heavy atom. The summed E-state index contributed by atoms with van der Waals surface area (Å²) < 4.78 is 5.57. The summed E-state index contributed by atoms with van der Waals surface area (Å²) in [5, 5.41) is 3.25. The normalized spacial score (nSPS) is 21.1. The molecule has 0 radical (unpaired) electrons. The van der Waals surface area contributed by atoms with Crippen LogP contribution >= 0.6 is 0 Å². The summed E-state index contributed by atoms with van der Waals surface area (Å²) in [5.41, 5.74) is 2.09. The van der Waals surface area contributed by atoms with Crippen LogP contribution in [0.2, 0.25) is 0 Å². The number of hydrogen-bond acceptors (Lipinski definition) is 3. The molecule has 1 aromatic carbocycles.